The zero-order valence-corrected chi connectivity index (χ0v) is 24.5. The first-order chi connectivity index (χ1) is 20.3. The zero-order valence-electron chi connectivity index (χ0n) is 24.5. The van der Waals surface area contributed by atoms with E-state index in [1.807, 2.05) is 62.4 Å². The summed E-state index contributed by atoms with van der Waals surface area (Å²) in [6.07, 6.45) is 5.24. The monoisotopic (exact) mass is 565 g/mol. The number of aryl methyl sites for hydroxylation is 2. The topological polar surface area (TPSA) is 157 Å². The van der Waals surface area contributed by atoms with Crippen molar-refractivity contribution < 1.29 is 0 Å². The number of hydrogen-bond acceptors (Lipinski definition) is 11. The van der Waals surface area contributed by atoms with Crippen LogP contribution in [-0.4, -0.2) is 40.8 Å². The van der Waals surface area contributed by atoms with Gasteiger partial charge in [-0.2, -0.15) is 29.9 Å². The Morgan fingerprint density at radius 3 is 1.71 bits per heavy atom. The molecule has 2 bridgehead atoms. The minimum absolute atomic E-state index is 0.178. The maximum absolute atomic E-state index is 6.17. The molecular formula is C31H39N11. The molecule has 2 aromatic carbocycles. The van der Waals surface area contributed by atoms with Crippen molar-refractivity contribution >= 4 is 35.2 Å². The first-order valence-corrected chi connectivity index (χ1v) is 14.7. The SMILES string of the molecule is Cc1ccccc1Nc1nc(N)nc(CN(Cc2nc(N)nc(Nc3ccccc3C)n2)C(C)C2CC3CCC2C3)n1. The number of para-hydroxylation sites is 2. The Labute approximate surface area is 246 Å². The van der Waals surface area contributed by atoms with Gasteiger partial charge in [-0.3, -0.25) is 4.90 Å². The molecule has 218 valence electrons. The summed E-state index contributed by atoms with van der Waals surface area (Å²) in [6.45, 7) is 7.32. The molecule has 4 atom stereocenters. The molecule has 2 saturated carbocycles. The number of rotatable bonds is 10. The minimum atomic E-state index is 0.178. The van der Waals surface area contributed by atoms with Crippen molar-refractivity contribution in [1.82, 2.24) is 34.8 Å². The van der Waals surface area contributed by atoms with E-state index in [2.05, 4.69) is 42.4 Å². The van der Waals surface area contributed by atoms with Crippen molar-refractivity contribution in [2.75, 3.05) is 22.1 Å². The van der Waals surface area contributed by atoms with Crippen molar-refractivity contribution in [2.45, 2.75) is 65.6 Å². The van der Waals surface area contributed by atoms with Crippen LogP contribution in [0.3, 0.4) is 0 Å². The molecule has 4 unspecified atom stereocenters. The van der Waals surface area contributed by atoms with Crippen molar-refractivity contribution in [2.24, 2.45) is 17.8 Å². The predicted octanol–water partition coefficient (Wildman–Crippen LogP) is 5.15. The van der Waals surface area contributed by atoms with E-state index in [-0.39, 0.29) is 17.9 Å². The van der Waals surface area contributed by atoms with Crippen molar-refractivity contribution in [3.8, 4) is 0 Å². The van der Waals surface area contributed by atoms with E-state index < -0.39 is 0 Å². The fourth-order valence-electron chi connectivity index (χ4n) is 6.66. The summed E-state index contributed by atoms with van der Waals surface area (Å²) in [6, 6.07) is 16.3. The third-order valence-electron chi connectivity index (χ3n) is 8.86. The second-order valence-corrected chi connectivity index (χ2v) is 11.7. The summed E-state index contributed by atoms with van der Waals surface area (Å²) in [5, 5.41) is 6.61. The van der Waals surface area contributed by atoms with Gasteiger partial charge < -0.3 is 22.1 Å². The number of nitrogens with one attached hydrogen (secondary N) is 2. The maximum atomic E-state index is 6.17. The molecule has 6 rings (SSSR count). The highest BCUT2D eigenvalue weighted by Crippen LogP contribution is 2.50. The first-order valence-electron chi connectivity index (χ1n) is 14.7. The Hall–Kier alpha value is -4.38. The molecule has 42 heavy (non-hydrogen) atoms. The fraction of sp³-hybridized carbons (Fsp3) is 0.419. The van der Waals surface area contributed by atoms with E-state index in [1.165, 1.54) is 25.7 Å². The van der Waals surface area contributed by atoms with Crippen LogP contribution in [-0.2, 0) is 13.1 Å². The van der Waals surface area contributed by atoms with Crippen molar-refractivity contribution in [3.05, 3.63) is 71.3 Å². The van der Waals surface area contributed by atoms with Crippen LogP contribution in [0.15, 0.2) is 48.5 Å². The number of aromatic nitrogens is 6. The standard InChI is InChI=1S/C31H39N11/c1-18-8-4-6-10-24(18)34-30-38-26(36-28(32)40-30)16-42(20(3)23-15-21-12-13-22(23)14-21)17-27-37-29(33)41-31(39-27)35-25-11-7-5-9-19(25)2/h4-11,20-23H,12-17H2,1-3H3,(H3,32,34,36,38,40)(H3,33,35,37,39,41). The van der Waals surface area contributed by atoms with Crippen LogP contribution in [0.5, 0.6) is 0 Å². The first kappa shape index (κ1) is 27.8. The number of nitrogens with two attached hydrogens (primary N) is 2. The van der Waals surface area contributed by atoms with Crippen LogP contribution in [0.25, 0.3) is 0 Å². The van der Waals surface area contributed by atoms with Crippen molar-refractivity contribution in [1.29, 1.82) is 0 Å². The molecule has 0 aliphatic heterocycles. The second kappa shape index (κ2) is 11.8. The summed E-state index contributed by atoms with van der Waals surface area (Å²) < 4.78 is 0. The molecule has 2 aliphatic carbocycles. The van der Waals surface area contributed by atoms with Crippen LogP contribution >= 0.6 is 0 Å². The van der Waals surface area contributed by atoms with Crippen LogP contribution in [0.2, 0.25) is 0 Å². The summed E-state index contributed by atoms with van der Waals surface area (Å²) in [5.41, 5.74) is 16.4. The lowest BCUT2D eigenvalue weighted by Crippen LogP contribution is -2.40. The fourth-order valence-corrected chi connectivity index (χ4v) is 6.66. The Morgan fingerprint density at radius 1 is 0.738 bits per heavy atom. The van der Waals surface area contributed by atoms with Crippen LogP contribution in [0, 0.1) is 31.6 Å². The Balaban J connectivity index is 1.28. The van der Waals surface area contributed by atoms with Gasteiger partial charge in [0.1, 0.15) is 11.6 Å². The Kier molecular flexibility index (Phi) is 7.84. The van der Waals surface area contributed by atoms with Gasteiger partial charge in [0, 0.05) is 17.4 Å². The molecule has 0 saturated heterocycles. The lowest BCUT2D eigenvalue weighted by atomic mass is 9.83. The second-order valence-electron chi connectivity index (χ2n) is 11.7. The number of nitrogen functional groups attached to an aromatic ring is 2. The third kappa shape index (κ3) is 6.25. The smallest absolute Gasteiger partial charge is 0.232 e. The van der Waals surface area contributed by atoms with Gasteiger partial charge in [-0.25, -0.2) is 0 Å². The maximum Gasteiger partial charge on any atom is 0.232 e. The lowest BCUT2D eigenvalue weighted by molar-refractivity contribution is 0.100. The van der Waals surface area contributed by atoms with Gasteiger partial charge in [0.2, 0.25) is 23.8 Å². The average molecular weight is 566 g/mol. The van der Waals surface area contributed by atoms with Gasteiger partial charge in [-0.05, 0) is 81.0 Å². The Morgan fingerprint density at radius 2 is 1.26 bits per heavy atom. The zero-order chi connectivity index (χ0) is 29.2. The number of anilines is 6. The summed E-state index contributed by atoms with van der Waals surface area (Å²) in [7, 11) is 0. The lowest BCUT2D eigenvalue weighted by Gasteiger charge is -2.36. The molecule has 11 nitrogen and oxygen atoms in total. The van der Waals surface area contributed by atoms with E-state index in [1.54, 1.807) is 0 Å². The van der Waals surface area contributed by atoms with Crippen LogP contribution in [0.4, 0.5) is 35.2 Å². The molecule has 2 heterocycles. The molecular weight excluding hydrogens is 526 g/mol. The number of hydrogen-bond donors (Lipinski definition) is 4. The van der Waals surface area contributed by atoms with Gasteiger partial charge in [0.25, 0.3) is 0 Å². The van der Waals surface area contributed by atoms with Gasteiger partial charge in [0.05, 0.1) is 13.1 Å². The minimum Gasteiger partial charge on any atom is -0.368 e. The average Bonchev–Trinajstić information content (AvgIpc) is 3.59. The van der Waals surface area contributed by atoms with E-state index in [0.717, 1.165) is 34.3 Å². The van der Waals surface area contributed by atoms with E-state index >= 15 is 0 Å². The summed E-state index contributed by atoms with van der Waals surface area (Å²) in [5.74, 6) is 4.56. The molecule has 2 fully saturated rings. The Bertz CT molecular complexity index is 1460. The normalized spacial score (nSPS) is 20.1. The van der Waals surface area contributed by atoms with E-state index in [4.69, 9.17) is 21.4 Å². The molecule has 0 radical (unpaired) electrons. The molecule has 6 N–H and O–H groups in total. The van der Waals surface area contributed by atoms with E-state index in [0.29, 0.717) is 42.6 Å². The molecule has 2 aliphatic rings. The largest absolute Gasteiger partial charge is 0.368 e. The quantitative estimate of drug-likeness (QED) is 0.201. The molecule has 11 heteroatoms. The highest BCUT2D eigenvalue weighted by Gasteiger charge is 2.43. The van der Waals surface area contributed by atoms with Crippen molar-refractivity contribution in [3.63, 3.8) is 0 Å². The molecule has 2 aromatic heterocycles. The van der Waals surface area contributed by atoms with E-state index in [9.17, 15) is 0 Å². The highest BCUT2D eigenvalue weighted by molar-refractivity contribution is 5.59. The van der Waals surface area contributed by atoms with Crippen LogP contribution < -0.4 is 22.1 Å². The third-order valence-corrected chi connectivity index (χ3v) is 8.86. The van der Waals surface area contributed by atoms with Gasteiger partial charge >= 0.3 is 0 Å². The van der Waals surface area contributed by atoms with Gasteiger partial charge in [-0.15, -0.1) is 0 Å². The highest BCUT2D eigenvalue weighted by atomic mass is 15.3. The van der Waals surface area contributed by atoms with Gasteiger partial charge in [-0.1, -0.05) is 42.8 Å². The summed E-state index contributed by atoms with van der Waals surface area (Å²) >= 11 is 0. The molecule has 0 amide bonds. The van der Waals surface area contributed by atoms with Gasteiger partial charge in [0.15, 0.2) is 0 Å². The predicted molar refractivity (Wildman–Crippen MR) is 165 cm³/mol. The number of fused-ring (bicyclic) bond motifs is 2. The summed E-state index contributed by atoms with van der Waals surface area (Å²) in [4.78, 5) is 29.6. The van der Waals surface area contributed by atoms with Crippen LogP contribution in [0.1, 0.15) is 55.4 Å². The number of nitrogens with zero attached hydrogens (tertiary/aromatic N) is 7. The number of benzene rings is 2. The molecule has 4 aromatic rings. The molecule has 0 spiro atoms.